The zero-order valence-corrected chi connectivity index (χ0v) is 16.5. The van der Waals surface area contributed by atoms with Gasteiger partial charge in [-0.05, 0) is 47.9 Å². The van der Waals surface area contributed by atoms with E-state index in [-0.39, 0.29) is 6.61 Å². The fourth-order valence-electron chi connectivity index (χ4n) is 2.82. The van der Waals surface area contributed by atoms with Gasteiger partial charge in [0, 0.05) is 0 Å². The van der Waals surface area contributed by atoms with E-state index < -0.39 is 17.9 Å². The second-order valence-electron chi connectivity index (χ2n) is 6.62. The van der Waals surface area contributed by atoms with Crippen LogP contribution in [0, 0.1) is 6.92 Å². The molecular formula is C23H24N2O4. The Kier molecular flexibility index (Phi) is 6.68. The first kappa shape index (κ1) is 20.2. The number of nitrogens with one attached hydrogen (secondary N) is 2. The molecule has 0 aliphatic carbocycles. The monoisotopic (exact) mass is 392 g/mol. The molecule has 0 heterocycles. The van der Waals surface area contributed by atoms with Crippen LogP contribution in [0.3, 0.4) is 0 Å². The second kappa shape index (κ2) is 9.59. The van der Waals surface area contributed by atoms with Crippen LogP contribution in [0.25, 0.3) is 10.8 Å². The number of aryl methyl sites for hydroxylation is 1. The van der Waals surface area contributed by atoms with Crippen molar-refractivity contribution in [1.82, 2.24) is 10.9 Å². The summed E-state index contributed by atoms with van der Waals surface area (Å²) in [5.74, 6) is 0.340. The molecule has 0 aliphatic heterocycles. The Labute approximate surface area is 169 Å². The number of carbonyl (C=O) groups excluding carboxylic acids is 2. The van der Waals surface area contributed by atoms with Gasteiger partial charge in [-0.15, -0.1) is 0 Å². The summed E-state index contributed by atoms with van der Waals surface area (Å²) in [4.78, 5) is 24.3. The Balaban J connectivity index is 1.48. The fourth-order valence-corrected chi connectivity index (χ4v) is 2.82. The fraction of sp³-hybridized carbons (Fsp3) is 0.217. The van der Waals surface area contributed by atoms with E-state index in [2.05, 4.69) is 10.9 Å². The van der Waals surface area contributed by atoms with Crippen molar-refractivity contribution in [2.75, 3.05) is 6.61 Å². The molecule has 0 fully saturated rings. The standard InChI is InChI=1S/C23H24N2O4/c1-3-20(29-21-11-7-4-8-16(21)2)23(27)25-24-22(26)15-28-19-13-12-17-9-5-6-10-18(17)14-19/h4-14,20H,3,15H2,1-2H3,(H,24,26)(H,25,27). The second-order valence-corrected chi connectivity index (χ2v) is 6.62. The van der Waals surface area contributed by atoms with E-state index >= 15 is 0 Å². The van der Waals surface area contributed by atoms with Crippen LogP contribution in [-0.4, -0.2) is 24.5 Å². The first-order valence-electron chi connectivity index (χ1n) is 9.49. The molecular weight excluding hydrogens is 368 g/mol. The summed E-state index contributed by atoms with van der Waals surface area (Å²) in [6.45, 7) is 3.53. The van der Waals surface area contributed by atoms with Crippen LogP contribution in [0.15, 0.2) is 66.7 Å². The van der Waals surface area contributed by atoms with E-state index in [0.717, 1.165) is 16.3 Å². The summed E-state index contributed by atoms with van der Waals surface area (Å²) in [6.07, 6.45) is -0.248. The van der Waals surface area contributed by atoms with Crippen molar-refractivity contribution >= 4 is 22.6 Å². The number of carbonyl (C=O) groups is 2. The zero-order chi connectivity index (χ0) is 20.6. The van der Waals surface area contributed by atoms with E-state index in [1.165, 1.54) is 0 Å². The zero-order valence-electron chi connectivity index (χ0n) is 16.5. The number of hydrazine groups is 1. The minimum atomic E-state index is -0.710. The predicted octanol–water partition coefficient (Wildman–Crippen LogP) is 3.53. The van der Waals surface area contributed by atoms with Gasteiger partial charge in [0.05, 0.1) is 0 Å². The van der Waals surface area contributed by atoms with E-state index in [4.69, 9.17) is 9.47 Å². The molecule has 0 spiro atoms. The van der Waals surface area contributed by atoms with E-state index in [0.29, 0.717) is 17.9 Å². The van der Waals surface area contributed by atoms with Crippen LogP contribution in [0.1, 0.15) is 18.9 Å². The molecule has 0 aliphatic rings. The van der Waals surface area contributed by atoms with E-state index in [1.807, 2.05) is 68.4 Å². The smallest absolute Gasteiger partial charge is 0.279 e. The van der Waals surface area contributed by atoms with Gasteiger partial charge < -0.3 is 9.47 Å². The number of amides is 2. The summed E-state index contributed by atoms with van der Waals surface area (Å²) in [6, 6.07) is 20.9. The molecule has 1 atom stereocenters. The average molecular weight is 392 g/mol. The van der Waals surface area contributed by atoms with Gasteiger partial charge in [0.2, 0.25) is 0 Å². The lowest BCUT2D eigenvalue weighted by molar-refractivity contribution is -0.134. The number of benzene rings is 3. The average Bonchev–Trinajstić information content (AvgIpc) is 2.75. The van der Waals surface area contributed by atoms with Gasteiger partial charge in [0.25, 0.3) is 11.8 Å². The number of hydrogen-bond acceptors (Lipinski definition) is 4. The minimum absolute atomic E-state index is 0.214. The highest BCUT2D eigenvalue weighted by Gasteiger charge is 2.19. The lowest BCUT2D eigenvalue weighted by Gasteiger charge is -2.18. The van der Waals surface area contributed by atoms with Crippen LogP contribution in [0.2, 0.25) is 0 Å². The topological polar surface area (TPSA) is 76.7 Å². The number of fused-ring (bicyclic) bond motifs is 1. The van der Waals surface area contributed by atoms with Crippen LogP contribution < -0.4 is 20.3 Å². The predicted molar refractivity (Wildman–Crippen MR) is 112 cm³/mol. The van der Waals surface area contributed by atoms with Crippen molar-refractivity contribution in [3.8, 4) is 11.5 Å². The van der Waals surface area contributed by atoms with Crippen molar-refractivity contribution in [3.05, 3.63) is 72.3 Å². The maximum Gasteiger partial charge on any atom is 0.279 e. The number of rotatable bonds is 7. The molecule has 150 valence electrons. The molecule has 0 radical (unpaired) electrons. The van der Waals surface area contributed by atoms with Crippen molar-refractivity contribution in [2.45, 2.75) is 26.4 Å². The molecule has 29 heavy (non-hydrogen) atoms. The molecule has 0 saturated heterocycles. The van der Waals surface area contributed by atoms with Gasteiger partial charge in [-0.2, -0.15) is 0 Å². The lowest BCUT2D eigenvalue weighted by Crippen LogP contribution is -2.49. The molecule has 1 unspecified atom stereocenters. The summed E-state index contributed by atoms with van der Waals surface area (Å²) in [5, 5.41) is 2.12. The number of para-hydroxylation sites is 1. The molecule has 6 heteroatoms. The summed E-state index contributed by atoms with van der Waals surface area (Å²) >= 11 is 0. The number of ether oxygens (including phenoxy) is 2. The third-order valence-electron chi connectivity index (χ3n) is 4.44. The molecule has 3 rings (SSSR count). The van der Waals surface area contributed by atoms with Gasteiger partial charge in [-0.25, -0.2) is 0 Å². The Bertz CT molecular complexity index is 1000. The largest absolute Gasteiger partial charge is 0.484 e. The summed E-state index contributed by atoms with van der Waals surface area (Å²) < 4.78 is 11.3. The van der Waals surface area contributed by atoms with Gasteiger partial charge >= 0.3 is 0 Å². The third kappa shape index (κ3) is 5.48. The maximum atomic E-state index is 12.3. The van der Waals surface area contributed by atoms with E-state index in [9.17, 15) is 9.59 Å². The summed E-state index contributed by atoms with van der Waals surface area (Å²) in [5.41, 5.74) is 5.69. The highest BCUT2D eigenvalue weighted by Crippen LogP contribution is 2.20. The quantitative estimate of drug-likeness (QED) is 0.603. The Morgan fingerprint density at radius 2 is 1.66 bits per heavy atom. The minimum Gasteiger partial charge on any atom is -0.484 e. The van der Waals surface area contributed by atoms with Crippen molar-refractivity contribution in [3.63, 3.8) is 0 Å². The SMILES string of the molecule is CCC(Oc1ccccc1C)C(=O)NNC(=O)COc1ccc2ccccc2c1. The molecule has 0 aromatic heterocycles. The first-order valence-corrected chi connectivity index (χ1v) is 9.49. The molecule has 0 saturated carbocycles. The van der Waals surface area contributed by atoms with Crippen LogP contribution >= 0.6 is 0 Å². The van der Waals surface area contributed by atoms with Crippen molar-refractivity contribution in [1.29, 1.82) is 0 Å². The van der Waals surface area contributed by atoms with E-state index in [1.54, 1.807) is 12.1 Å². The van der Waals surface area contributed by atoms with Gasteiger partial charge in [-0.1, -0.05) is 55.5 Å². The first-order chi connectivity index (χ1) is 14.1. The lowest BCUT2D eigenvalue weighted by atomic mass is 10.1. The normalized spacial score (nSPS) is 11.5. The third-order valence-corrected chi connectivity index (χ3v) is 4.44. The van der Waals surface area contributed by atoms with Crippen LogP contribution in [0.4, 0.5) is 0 Å². The molecule has 0 bridgehead atoms. The Morgan fingerprint density at radius 1 is 0.931 bits per heavy atom. The van der Waals surface area contributed by atoms with Gasteiger partial charge in [-0.3, -0.25) is 20.4 Å². The van der Waals surface area contributed by atoms with Crippen LogP contribution in [0.5, 0.6) is 11.5 Å². The highest BCUT2D eigenvalue weighted by molar-refractivity contribution is 5.86. The Morgan fingerprint density at radius 3 is 2.41 bits per heavy atom. The van der Waals surface area contributed by atoms with Crippen molar-refractivity contribution < 1.29 is 19.1 Å². The molecule has 3 aromatic rings. The maximum absolute atomic E-state index is 12.3. The molecule has 2 amide bonds. The Hall–Kier alpha value is -3.54. The van der Waals surface area contributed by atoms with Gasteiger partial charge in [0.15, 0.2) is 12.7 Å². The summed E-state index contributed by atoms with van der Waals surface area (Å²) in [7, 11) is 0. The molecule has 3 aromatic carbocycles. The van der Waals surface area contributed by atoms with Crippen LogP contribution in [-0.2, 0) is 9.59 Å². The number of hydrogen-bond donors (Lipinski definition) is 2. The highest BCUT2D eigenvalue weighted by atomic mass is 16.5. The molecule has 6 nitrogen and oxygen atoms in total. The van der Waals surface area contributed by atoms with Gasteiger partial charge in [0.1, 0.15) is 11.5 Å². The van der Waals surface area contributed by atoms with Crippen molar-refractivity contribution in [2.24, 2.45) is 0 Å². The molecule has 2 N–H and O–H groups in total.